The van der Waals surface area contributed by atoms with Crippen molar-refractivity contribution >= 4 is 44.7 Å². The van der Waals surface area contributed by atoms with Gasteiger partial charge in [0.2, 0.25) is 5.91 Å². The standard InChI is InChI=1S/C27H31ClN6O3S.H2/c1-19(34-13-3-4-21-18-22(28)5-10-25(21)34)27(35)33-16-14-32(15-17-33)23-6-8-24(9-7-23)38(36,37)31-26-11-12-29-20(2)30-26;/h5-12,18-19H,3-4,13-17H2,1-2H3,(H,29,30,31);1H/t19-;/m1./s1. The number of piperazine rings is 1. The summed E-state index contributed by atoms with van der Waals surface area (Å²) in [4.78, 5) is 27.9. The topological polar surface area (TPSA) is 98.7 Å². The fourth-order valence-corrected chi connectivity index (χ4v) is 6.32. The first kappa shape index (κ1) is 26.2. The molecule has 2 aliphatic rings. The van der Waals surface area contributed by atoms with Gasteiger partial charge in [0.15, 0.2) is 0 Å². The quantitative estimate of drug-likeness (QED) is 0.490. The second-order valence-corrected chi connectivity index (χ2v) is 11.8. The number of carbonyl (C=O) groups is 1. The van der Waals surface area contributed by atoms with Crippen molar-refractivity contribution in [2.45, 2.75) is 37.6 Å². The van der Waals surface area contributed by atoms with Crippen LogP contribution in [-0.2, 0) is 21.2 Å². The van der Waals surface area contributed by atoms with E-state index in [2.05, 4.69) is 24.5 Å². The van der Waals surface area contributed by atoms with Gasteiger partial charge in [-0.2, -0.15) is 0 Å². The maximum absolute atomic E-state index is 13.4. The molecule has 1 aromatic heterocycles. The van der Waals surface area contributed by atoms with E-state index in [1.54, 1.807) is 31.2 Å². The van der Waals surface area contributed by atoms with Crippen molar-refractivity contribution in [2.24, 2.45) is 0 Å². The number of hydrogen-bond donors (Lipinski definition) is 1. The highest BCUT2D eigenvalue weighted by atomic mass is 35.5. The minimum absolute atomic E-state index is 0. The number of nitrogens with one attached hydrogen (secondary N) is 1. The predicted molar refractivity (Wildman–Crippen MR) is 152 cm³/mol. The van der Waals surface area contributed by atoms with Gasteiger partial charge in [-0.3, -0.25) is 9.52 Å². The molecular weight excluding hydrogens is 524 g/mol. The molecule has 0 aliphatic carbocycles. The Balaban J connectivity index is 0.00000353. The maximum Gasteiger partial charge on any atom is 0.263 e. The van der Waals surface area contributed by atoms with E-state index in [0.29, 0.717) is 32.0 Å². The molecular formula is C27H33ClN6O3S. The molecule has 1 N–H and O–H groups in total. The largest absolute Gasteiger partial charge is 0.368 e. The van der Waals surface area contributed by atoms with Gasteiger partial charge in [0.05, 0.1) is 4.90 Å². The molecule has 3 aromatic rings. The summed E-state index contributed by atoms with van der Waals surface area (Å²) in [5.74, 6) is 0.839. The molecule has 9 nitrogen and oxygen atoms in total. The SMILES string of the molecule is Cc1nccc(NS(=O)(=O)c2ccc(N3CCN(C(=O)[C@@H](C)N4CCCc5cc(Cl)ccc54)CC3)cc2)n1.[HH]. The van der Waals surface area contributed by atoms with Crippen LogP contribution in [0.3, 0.4) is 0 Å². The molecule has 1 atom stereocenters. The van der Waals surface area contributed by atoms with Crippen molar-refractivity contribution < 1.29 is 14.6 Å². The number of nitrogens with zero attached hydrogens (tertiary/aromatic N) is 5. The summed E-state index contributed by atoms with van der Waals surface area (Å²) in [5.41, 5.74) is 3.21. The summed E-state index contributed by atoms with van der Waals surface area (Å²) in [6.45, 7) is 7.10. The highest BCUT2D eigenvalue weighted by Gasteiger charge is 2.31. The third-order valence-corrected chi connectivity index (χ3v) is 8.75. The first-order valence-corrected chi connectivity index (χ1v) is 14.6. The molecule has 0 unspecified atom stereocenters. The Morgan fingerprint density at radius 3 is 2.50 bits per heavy atom. The first-order valence-electron chi connectivity index (χ1n) is 12.7. The lowest BCUT2D eigenvalue weighted by Gasteiger charge is -2.41. The fourth-order valence-electron chi connectivity index (χ4n) is 5.13. The van der Waals surface area contributed by atoms with Crippen molar-refractivity contribution in [3.8, 4) is 0 Å². The maximum atomic E-state index is 13.4. The molecule has 3 heterocycles. The highest BCUT2D eigenvalue weighted by Crippen LogP contribution is 2.31. The molecule has 11 heteroatoms. The number of carbonyl (C=O) groups excluding carboxylic acids is 1. The number of benzene rings is 2. The predicted octanol–water partition coefficient (Wildman–Crippen LogP) is 3.98. The number of sulfonamides is 1. The minimum Gasteiger partial charge on any atom is -0.368 e. The Kier molecular flexibility index (Phi) is 7.45. The molecule has 0 saturated carbocycles. The fraction of sp³-hybridized carbons (Fsp3) is 0.370. The monoisotopic (exact) mass is 556 g/mol. The lowest BCUT2D eigenvalue weighted by Crippen LogP contribution is -2.55. The van der Waals surface area contributed by atoms with E-state index in [9.17, 15) is 13.2 Å². The third kappa shape index (κ3) is 5.56. The number of halogens is 1. The summed E-state index contributed by atoms with van der Waals surface area (Å²) in [7, 11) is -3.77. The van der Waals surface area contributed by atoms with Crippen molar-refractivity contribution in [2.75, 3.05) is 47.2 Å². The molecule has 0 spiro atoms. The Morgan fingerprint density at radius 2 is 1.79 bits per heavy atom. The van der Waals surface area contributed by atoms with Gasteiger partial charge >= 0.3 is 0 Å². The van der Waals surface area contributed by atoms with Crippen LogP contribution in [0.4, 0.5) is 17.2 Å². The van der Waals surface area contributed by atoms with Crippen LogP contribution in [-0.4, -0.2) is 68.0 Å². The van der Waals surface area contributed by atoms with Crippen molar-refractivity contribution in [1.29, 1.82) is 0 Å². The zero-order valence-corrected chi connectivity index (χ0v) is 23.0. The average Bonchev–Trinajstić information content (AvgIpc) is 2.91. The lowest BCUT2D eigenvalue weighted by molar-refractivity contribution is -0.132. The summed E-state index contributed by atoms with van der Waals surface area (Å²) in [6.07, 6.45) is 3.48. The summed E-state index contributed by atoms with van der Waals surface area (Å²) in [6, 6.07) is 14.0. The number of rotatable bonds is 6. The molecule has 0 bridgehead atoms. The molecule has 5 rings (SSSR count). The van der Waals surface area contributed by atoms with E-state index in [1.807, 2.05) is 30.0 Å². The molecule has 2 aliphatic heterocycles. The van der Waals surface area contributed by atoms with Crippen LogP contribution >= 0.6 is 11.6 Å². The number of anilines is 3. The van der Waals surface area contributed by atoms with Crippen molar-refractivity contribution in [1.82, 2.24) is 14.9 Å². The van der Waals surface area contributed by atoms with Gasteiger partial charge in [-0.25, -0.2) is 18.4 Å². The molecule has 1 fully saturated rings. The molecule has 0 radical (unpaired) electrons. The number of amides is 1. The van der Waals surface area contributed by atoms with Gasteiger partial charge in [-0.1, -0.05) is 11.6 Å². The second kappa shape index (κ2) is 10.8. The lowest BCUT2D eigenvalue weighted by atomic mass is 10.00. The van der Waals surface area contributed by atoms with E-state index < -0.39 is 10.0 Å². The van der Waals surface area contributed by atoms with Crippen LogP contribution < -0.4 is 14.5 Å². The normalized spacial score (nSPS) is 16.7. The molecule has 38 heavy (non-hydrogen) atoms. The Bertz CT molecular complexity index is 1430. The smallest absolute Gasteiger partial charge is 0.263 e. The van der Waals surface area contributed by atoms with Crippen LogP contribution in [0.2, 0.25) is 5.02 Å². The summed E-state index contributed by atoms with van der Waals surface area (Å²) >= 11 is 6.19. The van der Waals surface area contributed by atoms with Gasteiger partial charge in [-0.15, -0.1) is 0 Å². The zero-order chi connectivity index (χ0) is 26.9. The highest BCUT2D eigenvalue weighted by molar-refractivity contribution is 7.92. The van der Waals surface area contributed by atoms with E-state index in [1.165, 1.54) is 17.8 Å². The van der Waals surface area contributed by atoms with Crippen LogP contribution in [0.5, 0.6) is 0 Å². The van der Waals surface area contributed by atoms with Gasteiger partial charge < -0.3 is 14.7 Å². The third-order valence-electron chi connectivity index (χ3n) is 7.14. The van der Waals surface area contributed by atoms with Crippen molar-refractivity contribution in [3.63, 3.8) is 0 Å². The summed E-state index contributed by atoms with van der Waals surface area (Å²) < 4.78 is 28.0. The number of hydrogen-bond acceptors (Lipinski definition) is 7. The molecule has 1 amide bonds. The number of fused-ring (bicyclic) bond motifs is 1. The van der Waals surface area contributed by atoms with E-state index in [4.69, 9.17) is 11.6 Å². The number of aryl methyl sites for hydroxylation is 2. The van der Waals surface area contributed by atoms with E-state index >= 15 is 0 Å². The Labute approximate surface area is 230 Å². The average molecular weight is 557 g/mol. The number of aromatic nitrogens is 2. The zero-order valence-electron chi connectivity index (χ0n) is 21.5. The molecule has 202 valence electrons. The van der Waals surface area contributed by atoms with Gasteiger partial charge in [0, 0.05) is 56.7 Å². The van der Waals surface area contributed by atoms with Crippen LogP contribution in [0.15, 0.2) is 59.6 Å². The van der Waals surface area contributed by atoms with Crippen LogP contribution in [0, 0.1) is 6.92 Å². The Morgan fingerprint density at radius 1 is 1.05 bits per heavy atom. The van der Waals surface area contributed by atoms with Gasteiger partial charge in [0.25, 0.3) is 10.0 Å². The molecule has 1 saturated heterocycles. The minimum atomic E-state index is -3.77. The molecule has 2 aromatic carbocycles. The Hall–Kier alpha value is -3.37. The van der Waals surface area contributed by atoms with Gasteiger partial charge in [-0.05, 0) is 80.8 Å². The van der Waals surface area contributed by atoms with Crippen LogP contribution in [0.1, 0.15) is 26.2 Å². The van der Waals surface area contributed by atoms with E-state index in [0.717, 1.165) is 35.8 Å². The summed E-state index contributed by atoms with van der Waals surface area (Å²) in [5, 5.41) is 0.725. The van der Waals surface area contributed by atoms with Gasteiger partial charge in [0.1, 0.15) is 17.7 Å². The second-order valence-electron chi connectivity index (χ2n) is 9.65. The van der Waals surface area contributed by atoms with Crippen molar-refractivity contribution in [3.05, 3.63) is 71.1 Å². The first-order chi connectivity index (χ1) is 18.2. The van der Waals surface area contributed by atoms with E-state index in [-0.39, 0.29) is 24.1 Å². The van der Waals surface area contributed by atoms with Crippen LogP contribution in [0.25, 0.3) is 0 Å².